The van der Waals surface area contributed by atoms with E-state index in [0.29, 0.717) is 17.2 Å². The highest BCUT2D eigenvalue weighted by molar-refractivity contribution is 6.32. The smallest absolute Gasteiger partial charge is 0.271 e. The molecule has 0 fully saturated rings. The van der Waals surface area contributed by atoms with Crippen LogP contribution in [-0.4, -0.2) is 10.1 Å². The van der Waals surface area contributed by atoms with Gasteiger partial charge in [0.25, 0.3) is 5.69 Å². The Labute approximate surface area is 136 Å². The first kappa shape index (κ1) is 15.1. The number of hydrogen-bond acceptors (Lipinski definition) is 5. The quantitative estimate of drug-likeness (QED) is 0.509. The van der Waals surface area contributed by atoms with Crippen LogP contribution in [0.25, 0.3) is 11.3 Å². The van der Waals surface area contributed by atoms with Gasteiger partial charge in [-0.15, -0.1) is 0 Å². The van der Waals surface area contributed by atoms with Gasteiger partial charge in [0.2, 0.25) is 0 Å². The van der Waals surface area contributed by atoms with E-state index in [-0.39, 0.29) is 17.3 Å². The summed E-state index contributed by atoms with van der Waals surface area (Å²) in [7, 11) is 0. The van der Waals surface area contributed by atoms with Crippen LogP contribution in [0.15, 0.2) is 59.1 Å². The van der Waals surface area contributed by atoms with Crippen LogP contribution in [0.5, 0.6) is 5.75 Å². The topological polar surface area (TPSA) is 78.4 Å². The standard InChI is InChI=1S/C16H11ClN2O4/c17-14-8-12(19(20)21)6-7-16(14)22-10-13-9-15(18-23-13)11-4-2-1-3-5-11/h1-9H,10H2. The van der Waals surface area contributed by atoms with Gasteiger partial charge in [-0.3, -0.25) is 10.1 Å². The van der Waals surface area contributed by atoms with Gasteiger partial charge in [0.15, 0.2) is 5.76 Å². The lowest BCUT2D eigenvalue weighted by Crippen LogP contribution is -1.95. The summed E-state index contributed by atoms with van der Waals surface area (Å²) in [5.41, 5.74) is 1.56. The molecule has 3 rings (SSSR count). The monoisotopic (exact) mass is 330 g/mol. The molecule has 0 saturated heterocycles. The van der Waals surface area contributed by atoms with E-state index in [1.807, 2.05) is 30.3 Å². The van der Waals surface area contributed by atoms with E-state index in [9.17, 15) is 10.1 Å². The second kappa shape index (κ2) is 6.50. The lowest BCUT2D eigenvalue weighted by atomic mass is 10.1. The summed E-state index contributed by atoms with van der Waals surface area (Å²) >= 11 is 5.97. The molecule has 0 bridgehead atoms. The molecule has 0 aliphatic carbocycles. The van der Waals surface area contributed by atoms with Crippen molar-refractivity contribution in [1.82, 2.24) is 5.16 Å². The summed E-state index contributed by atoms with van der Waals surface area (Å²) < 4.78 is 10.7. The maximum atomic E-state index is 10.7. The fourth-order valence-electron chi connectivity index (χ4n) is 2.00. The van der Waals surface area contributed by atoms with Crippen molar-refractivity contribution in [1.29, 1.82) is 0 Å². The summed E-state index contributed by atoms with van der Waals surface area (Å²) in [6, 6.07) is 15.4. The van der Waals surface area contributed by atoms with E-state index in [4.69, 9.17) is 20.9 Å². The van der Waals surface area contributed by atoms with Crippen LogP contribution in [0.4, 0.5) is 5.69 Å². The molecule has 23 heavy (non-hydrogen) atoms. The molecule has 0 atom stereocenters. The lowest BCUT2D eigenvalue weighted by molar-refractivity contribution is -0.384. The number of aromatic nitrogens is 1. The number of non-ortho nitro benzene ring substituents is 1. The summed E-state index contributed by atoms with van der Waals surface area (Å²) in [5.74, 6) is 0.869. The molecule has 0 unspecified atom stereocenters. The number of benzene rings is 2. The Bertz CT molecular complexity index is 833. The summed E-state index contributed by atoms with van der Waals surface area (Å²) in [5, 5.41) is 14.8. The molecule has 2 aromatic carbocycles. The van der Waals surface area contributed by atoms with E-state index >= 15 is 0 Å². The number of ether oxygens (including phenoxy) is 1. The van der Waals surface area contributed by atoms with Crippen LogP contribution < -0.4 is 4.74 Å². The Hall–Kier alpha value is -2.86. The van der Waals surface area contributed by atoms with Crippen molar-refractivity contribution >= 4 is 17.3 Å². The van der Waals surface area contributed by atoms with Gasteiger partial charge in [-0.1, -0.05) is 47.1 Å². The van der Waals surface area contributed by atoms with Crippen molar-refractivity contribution in [2.24, 2.45) is 0 Å². The molecule has 0 aliphatic rings. The molecule has 3 aromatic rings. The van der Waals surface area contributed by atoms with Crippen LogP contribution in [-0.2, 0) is 6.61 Å². The number of nitro groups is 1. The number of hydrogen-bond donors (Lipinski definition) is 0. The molecule has 7 heteroatoms. The third kappa shape index (κ3) is 3.49. The normalized spacial score (nSPS) is 10.5. The number of halogens is 1. The SMILES string of the molecule is O=[N+]([O-])c1ccc(OCc2cc(-c3ccccc3)no2)c(Cl)c1. The van der Waals surface area contributed by atoms with Crippen molar-refractivity contribution < 1.29 is 14.2 Å². The second-order valence-electron chi connectivity index (χ2n) is 4.71. The predicted molar refractivity (Wildman–Crippen MR) is 84.4 cm³/mol. The van der Waals surface area contributed by atoms with Gasteiger partial charge in [0.05, 0.1) is 9.95 Å². The van der Waals surface area contributed by atoms with Gasteiger partial charge >= 0.3 is 0 Å². The van der Waals surface area contributed by atoms with E-state index in [2.05, 4.69) is 5.16 Å². The zero-order valence-corrected chi connectivity index (χ0v) is 12.6. The van der Waals surface area contributed by atoms with Crippen LogP contribution >= 0.6 is 11.6 Å². The fraction of sp³-hybridized carbons (Fsp3) is 0.0625. The Morgan fingerprint density at radius 2 is 1.96 bits per heavy atom. The molecule has 0 saturated carbocycles. The van der Waals surface area contributed by atoms with E-state index in [0.717, 1.165) is 5.56 Å². The Kier molecular flexibility index (Phi) is 4.25. The van der Waals surface area contributed by atoms with Gasteiger partial charge < -0.3 is 9.26 Å². The first-order valence-corrected chi connectivity index (χ1v) is 7.09. The molecular weight excluding hydrogens is 320 g/mol. The van der Waals surface area contributed by atoms with Crippen molar-refractivity contribution in [2.75, 3.05) is 0 Å². The van der Waals surface area contributed by atoms with Crippen molar-refractivity contribution in [3.05, 3.63) is 75.5 Å². The minimum Gasteiger partial charge on any atom is -0.484 e. The summed E-state index contributed by atoms with van der Waals surface area (Å²) in [6.45, 7) is 0.122. The molecular formula is C16H11ClN2O4. The molecule has 116 valence electrons. The first-order valence-electron chi connectivity index (χ1n) is 6.71. The maximum absolute atomic E-state index is 10.7. The van der Waals surface area contributed by atoms with E-state index < -0.39 is 4.92 Å². The van der Waals surface area contributed by atoms with Gasteiger partial charge in [0, 0.05) is 23.8 Å². The highest BCUT2D eigenvalue weighted by Gasteiger charge is 2.12. The number of nitrogens with zero attached hydrogens (tertiary/aromatic N) is 2. The number of nitro benzene ring substituents is 1. The van der Waals surface area contributed by atoms with Crippen LogP contribution in [0.2, 0.25) is 5.02 Å². The van der Waals surface area contributed by atoms with Crippen LogP contribution in [0.3, 0.4) is 0 Å². The molecule has 0 radical (unpaired) electrons. The van der Waals surface area contributed by atoms with Gasteiger partial charge in [-0.2, -0.15) is 0 Å². The predicted octanol–water partition coefficient (Wildman–Crippen LogP) is 4.48. The number of rotatable bonds is 5. The average molecular weight is 331 g/mol. The third-order valence-electron chi connectivity index (χ3n) is 3.12. The molecule has 0 aliphatic heterocycles. The molecule has 0 amide bonds. The summed E-state index contributed by atoms with van der Waals surface area (Å²) in [4.78, 5) is 10.1. The second-order valence-corrected chi connectivity index (χ2v) is 5.11. The van der Waals surface area contributed by atoms with Crippen molar-refractivity contribution in [2.45, 2.75) is 6.61 Å². The summed E-state index contributed by atoms with van der Waals surface area (Å²) in [6.07, 6.45) is 0. The van der Waals surface area contributed by atoms with Crippen molar-refractivity contribution in [3.8, 4) is 17.0 Å². The van der Waals surface area contributed by atoms with Crippen molar-refractivity contribution in [3.63, 3.8) is 0 Å². The lowest BCUT2D eigenvalue weighted by Gasteiger charge is -2.05. The minimum absolute atomic E-state index is 0.0895. The zero-order chi connectivity index (χ0) is 16.2. The maximum Gasteiger partial charge on any atom is 0.271 e. The first-order chi connectivity index (χ1) is 11.1. The molecule has 1 aromatic heterocycles. The minimum atomic E-state index is -0.516. The van der Waals surface area contributed by atoms with Gasteiger partial charge in [-0.25, -0.2) is 0 Å². The van der Waals surface area contributed by atoms with E-state index in [1.54, 1.807) is 6.07 Å². The highest BCUT2D eigenvalue weighted by Crippen LogP contribution is 2.29. The fourth-order valence-corrected chi connectivity index (χ4v) is 2.22. The molecule has 6 nitrogen and oxygen atoms in total. The largest absolute Gasteiger partial charge is 0.484 e. The Morgan fingerprint density at radius 1 is 1.17 bits per heavy atom. The van der Waals surface area contributed by atoms with E-state index in [1.165, 1.54) is 18.2 Å². The molecule has 1 heterocycles. The Morgan fingerprint density at radius 3 is 2.65 bits per heavy atom. The van der Waals surface area contributed by atoms with Gasteiger partial charge in [-0.05, 0) is 6.07 Å². The van der Waals surface area contributed by atoms with Gasteiger partial charge in [0.1, 0.15) is 18.1 Å². The molecule has 0 spiro atoms. The zero-order valence-electron chi connectivity index (χ0n) is 11.8. The average Bonchev–Trinajstić information content (AvgIpc) is 3.03. The van der Waals surface area contributed by atoms with Crippen LogP contribution in [0.1, 0.15) is 5.76 Å². The highest BCUT2D eigenvalue weighted by atomic mass is 35.5. The Balaban J connectivity index is 1.70. The third-order valence-corrected chi connectivity index (χ3v) is 3.42. The molecule has 0 N–H and O–H groups in total. The van der Waals surface area contributed by atoms with Crippen LogP contribution in [0, 0.1) is 10.1 Å².